The number of H-pyrrole nitrogens is 1. The maximum absolute atomic E-state index is 12.9. The average Bonchev–Trinajstić information content (AvgIpc) is 3.48. The Morgan fingerprint density at radius 1 is 0.690 bits per heavy atom. The van der Waals surface area contributed by atoms with E-state index in [2.05, 4.69) is 35.9 Å². The van der Waals surface area contributed by atoms with Gasteiger partial charge in [0.25, 0.3) is 11.5 Å². The van der Waals surface area contributed by atoms with Gasteiger partial charge in [-0.2, -0.15) is 4.98 Å². The number of nitrogens with two attached hydrogens (primary N) is 1. The number of carbonyl (C=O) groups excluding carboxylic acids is 5. The molecule has 0 saturated carbocycles. The molecule has 30 heteroatoms. The molecule has 2 aromatic carbocycles. The molecule has 5 rings (SSSR count). The molecule has 1 aliphatic heterocycles. The number of amides is 1. The molecule has 0 radical (unpaired) electrons. The molecule has 1 unspecified atom stereocenters. The largest absolute Gasteiger partial charge is 3.00 e. The number of hydrogen-bond donors (Lipinski definition) is 7. The summed E-state index contributed by atoms with van der Waals surface area (Å²) in [6.07, 6.45) is 5.29. The number of carboxylic acids is 5. The maximum atomic E-state index is 12.9. The number of ketones is 1. The quantitative estimate of drug-likeness (QED) is 0.00834. The van der Waals surface area contributed by atoms with Crippen LogP contribution in [0, 0.1) is 0 Å². The molecule has 0 bridgehead atoms. The average molecular weight is 1250 g/mol. The number of Topliss-reactive ketones (excluding diaryl/α,β-unsaturated/α-hetero) is 1. The van der Waals surface area contributed by atoms with Gasteiger partial charge in [-0.05, 0) is 93.3 Å². The van der Waals surface area contributed by atoms with Gasteiger partial charge in [0.1, 0.15) is 24.5 Å². The van der Waals surface area contributed by atoms with Crippen LogP contribution in [0.4, 0.5) is 17.3 Å². The number of aromatic amines is 1. The Morgan fingerprint density at radius 3 is 1.86 bits per heavy atom. The van der Waals surface area contributed by atoms with Gasteiger partial charge in [-0.1, -0.05) is 24.4 Å². The molecular weight excluding hydrogens is 1170 g/mol. The van der Waals surface area contributed by atoms with E-state index in [1.54, 1.807) is 26.8 Å². The minimum absolute atomic E-state index is 0. The third kappa shape index (κ3) is 26.3. The van der Waals surface area contributed by atoms with Crippen LogP contribution >= 0.6 is 12.2 Å². The fourth-order valence-electron chi connectivity index (χ4n) is 8.83. The Hall–Kier alpha value is -7.00. The predicted molar refractivity (Wildman–Crippen MR) is 304 cm³/mol. The monoisotopic (exact) mass is 1240 g/mol. The summed E-state index contributed by atoms with van der Waals surface area (Å²) in [5.74, 6) is -7.17. The van der Waals surface area contributed by atoms with Crippen molar-refractivity contribution in [3.63, 3.8) is 0 Å². The number of carbonyl (C=O) groups is 7. The molecule has 8 N–H and O–H groups in total. The minimum atomic E-state index is -1.34. The van der Waals surface area contributed by atoms with Crippen LogP contribution in [-0.2, 0) is 56.2 Å². The minimum Gasteiger partial charge on any atom is -0.549 e. The number of thiocarbonyl (C=S) groups is 1. The van der Waals surface area contributed by atoms with Crippen molar-refractivity contribution in [1.29, 1.82) is 0 Å². The number of ether oxygens (including phenoxy) is 1. The molecule has 1 fully saturated rings. The van der Waals surface area contributed by atoms with Crippen LogP contribution in [0.1, 0.15) is 79.4 Å². The zero-order valence-corrected chi connectivity index (χ0v) is 49.8. The molecule has 1 saturated heterocycles. The van der Waals surface area contributed by atoms with E-state index < -0.39 is 73.0 Å². The van der Waals surface area contributed by atoms with E-state index in [0.717, 1.165) is 17.7 Å². The number of nitrogens with zero attached hydrogens (tertiary/aromatic N) is 7. The summed E-state index contributed by atoms with van der Waals surface area (Å²) in [7, 11) is 0. The van der Waals surface area contributed by atoms with Gasteiger partial charge in [-0.3, -0.25) is 43.8 Å². The van der Waals surface area contributed by atoms with Gasteiger partial charge in [0.2, 0.25) is 5.95 Å². The van der Waals surface area contributed by atoms with Crippen LogP contribution in [0.3, 0.4) is 0 Å². The number of carboxylic acid groups (broad SMARTS) is 5. The van der Waals surface area contributed by atoms with Crippen molar-refractivity contribution in [3.05, 3.63) is 81.9 Å². The number of aliphatic carboxylic acids is 5. The molecule has 4 aromatic rings. The fourth-order valence-corrected chi connectivity index (χ4v) is 9.10. The Balaban J connectivity index is 0.0000151. The number of hydrogen-bond acceptors (Lipinski definition) is 24. The molecule has 1 amide bonds. The number of aryl methyl sites for hydroxylation is 1. The molecule has 0 spiro atoms. The molecule has 0 aliphatic carbocycles. The van der Waals surface area contributed by atoms with Gasteiger partial charge in [0.15, 0.2) is 11.2 Å². The van der Waals surface area contributed by atoms with Crippen LogP contribution in [0.2, 0.25) is 0 Å². The molecule has 3 heterocycles. The topological polar surface area (TPSA) is 403 Å². The number of nitrogens with one attached hydrogen (secondary N) is 4. The van der Waals surface area contributed by atoms with E-state index in [0.29, 0.717) is 61.7 Å². The molecule has 1 aliphatic rings. The van der Waals surface area contributed by atoms with E-state index in [1.165, 1.54) is 23.2 Å². The third-order valence-electron chi connectivity index (χ3n) is 13.3. The van der Waals surface area contributed by atoms with Gasteiger partial charge in [0.05, 0.1) is 54.5 Å². The Kier molecular flexibility index (Phi) is 30.9. The van der Waals surface area contributed by atoms with E-state index in [4.69, 9.17) is 32.5 Å². The first-order valence-electron chi connectivity index (χ1n) is 27.2. The number of fused-ring (bicyclic) bond motifs is 1. The second-order valence-electron chi connectivity index (χ2n) is 19.6. The number of aromatic nitrogens is 4. The summed E-state index contributed by atoms with van der Waals surface area (Å²) in [5, 5.41) is 63.4. The summed E-state index contributed by atoms with van der Waals surface area (Å²) in [6, 6.07) is 11.4. The van der Waals surface area contributed by atoms with Crippen molar-refractivity contribution in [2.45, 2.75) is 82.8 Å². The van der Waals surface area contributed by atoms with Gasteiger partial charge < -0.3 is 66.3 Å². The van der Waals surface area contributed by atoms with Crippen molar-refractivity contribution < 1.29 is 73.6 Å². The molecule has 2 aromatic heterocycles. The van der Waals surface area contributed by atoms with Crippen LogP contribution < -0.4 is 42.6 Å². The smallest absolute Gasteiger partial charge is 0.549 e. The summed E-state index contributed by atoms with van der Waals surface area (Å²) >= 11 is 5.54. The van der Waals surface area contributed by atoms with E-state index >= 15 is 0 Å². The van der Waals surface area contributed by atoms with Crippen molar-refractivity contribution in [3.8, 4) is 0 Å². The van der Waals surface area contributed by atoms with Gasteiger partial charge >= 0.3 is 31.7 Å². The standard InChI is InChI=1S/C54H74N12O16S.Ga/c55-54-61-49-48(51(75)62-54)59-40(32-57-49)31-56-38-14-10-37(11-15-38)50(74)60-42(52(76)77)17-16-41(67)5-1-3-27-80-29-30-82-81-28-4-2-6-44(83)58-39-12-7-36(8-13-39)9-18-43(53(78)79)66-25-23-64(34-46(70)71)21-19-63(33-45(68)69)20-22-65(24-26-66)35-47(72)73;/h7-8,10-15,32,42-43,56H,1-6,9,16-31,33-35H2,(H,58,83)(H,60,74)(H,68,69)(H,70,71)(H,72,73)(H,76,77)(H,78,79)(H3,55,57,61,62,75);/q;+3/p-3/t42-,43?;/m0./s1. The van der Waals surface area contributed by atoms with Gasteiger partial charge in [-0.15, -0.1) is 0 Å². The number of benzene rings is 2. The summed E-state index contributed by atoms with van der Waals surface area (Å²) < 4.78 is 5.56. The van der Waals surface area contributed by atoms with Crippen molar-refractivity contribution in [2.75, 3.05) is 115 Å². The Morgan fingerprint density at radius 2 is 1.26 bits per heavy atom. The van der Waals surface area contributed by atoms with Crippen LogP contribution in [0.15, 0.2) is 59.5 Å². The van der Waals surface area contributed by atoms with Gasteiger partial charge in [-0.25, -0.2) is 24.5 Å². The van der Waals surface area contributed by atoms with E-state index in [9.17, 15) is 63.9 Å². The zero-order chi connectivity index (χ0) is 60.1. The first-order chi connectivity index (χ1) is 39.8. The van der Waals surface area contributed by atoms with Gasteiger partial charge in [0, 0.05) is 108 Å². The van der Waals surface area contributed by atoms with Crippen molar-refractivity contribution in [1.82, 2.24) is 44.9 Å². The Labute approximate surface area is 502 Å². The van der Waals surface area contributed by atoms with Crippen LogP contribution in [0.5, 0.6) is 0 Å². The summed E-state index contributed by atoms with van der Waals surface area (Å²) in [6.45, 7) is 1.22. The molecule has 2 atom stereocenters. The van der Waals surface area contributed by atoms with E-state index in [-0.39, 0.29) is 146 Å². The van der Waals surface area contributed by atoms with Crippen molar-refractivity contribution >= 4 is 107 Å². The number of anilines is 3. The Bertz CT molecular complexity index is 2820. The predicted octanol–water partition coefficient (Wildman–Crippen LogP) is -2.34. The number of unbranched alkanes of at least 4 members (excludes halogenated alkanes) is 2. The number of rotatable bonds is 35. The third-order valence-corrected chi connectivity index (χ3v) is 13.6. The first-order valence-corrected chi connectivity index (χ1v) is 27.6. The zero-order valence-electron chi connectivity index (χ0n) is 46.5. The second kappa shape index (κ2) is 37.3. The molecule has 84 heavy (non-hydrogen) atoms. The second-order valence-corrected chi connectivity index (χ2v) is 20.1. The fraction of sp³-hybridized carbons (Fsp3) is 0.519. The molecular formula is C54H71GaN12O16S. The van der Waals surface area contributed by atoms with Crippen LogP contribution in [0.25, 0.3) is 11.2 Å². The van der Waals surface area contributed by atoms with Crippen molar-refractivity contribution in [2.24, 2.45) is 0 Å². The summed E-state index contributed by atoms with van der Waals surface area (Å²) in [5.41, 5.74) is 8.10. The number of nitrogen functional groups attached to an aromatic ring is 1. The first kappa shape index (κ1) is 69.5. The van der Waals surface area contributed by atoms with E-state index in [1.807, 2.05) is 24.3 Å². The van der Waals surface area contributed by atoms with Crippen LogP contribution in [-0.4, -0.2) is 227 Å². The SMILES string of the molecule is Nc1nc2ncc(CNc3ccc(C(=O)N[C@@H](CCC(=O)CCCCOCCOOCCCCC(=S)Nc4ccc(CCC(C(=O)O)N5CCN(CC(=O)[O-])CCN(CC(=O)[O-])CCN(CC(=O)[O-])CC5)cc4)C(=O)O)cc3)nc2c(=O)[nH]1.[Ga+3]. The summed E-state index contributed by atoms with van der Waals surface area (Å²) in [4.78, 5) is 129. The maximum Gasteiger partial charge on any atom is 3.00 e. The normalized spacial score (nSPS) is 14.7. The molecule has 452 valence electrons. The molecule has 28 nitrogen and oxygen atoms in total.